The smallest absolute Gasteiger partial charge is 0.405 e. The van der Waals surface area contributed by atoms with Crippen LogP contribution in [-0.2, 0) is 4.74 Å². The molecule has 0 saturated carbocycles. The molecule has 1 amide bonds. The van der Waals surface area contributed by atoms with Gasteiger partial charge in [-0.1, -0.05) is 27.7 Å². The third-order valence-electron chi connectivity index (χ3n) is 3.35. The Morgan fingerprint density at radius 1 is 1.23 bits per heavy atom. The van der Waals surface area contributed by atoms with Gasteiger partial charge in [0.25, 0.3) is 0 Å². The molecule has 0 saturated heterocycles. The lowest BCUT2D eigenvalue weighted by Crippen LogP contribution is -2.47. The van der Waals surface area contributed by atoms with Gasteiger partial charge in [0.2, 0.25) is 0 Å². The lowest BCUT2D eigenvalue weighted by Gasteiger charge is -2.43. The molecule has 0 atom stereocenters. The summed E-state index contributed by atoms with van der Waals surface area (Å²) in [6.07, 6.45) is -0.710. The number of hydrogen-bond acceptors (Lipinski definition) is 2. The van der Waals surface area contributed by atoms with Crippen molar-refractivity contribution in [2.75, 3.05) is 0 Å². The van der Waals surface area contributed by atoms with E-state index in [9.17, 15) is 4.79 Å². The summed E-state index contributed by atoms with van der Waals surface area (Å²) >= 11 is 0. The fourth-order valence-corrected chi connectivity index (χ4v) is 1.08. The lowest BCUT2D eigenvalue weighted by atomic mass is 9.69. The lowest BCUT2D eigenvalue weighted by molar-refractivity contribution is -0.0668. The van der Waals surface area contributed by atoms with Crippen molar-refractivity contribution in [1.82, 2.24) is 0 Å². The molecule has 0 fully saturated rings. The fourth-order valence-electron chi connectivity index (χ4n) is 1.08. The number of carbonyl (C=O) groups is 1. The predicted molar refractivity (Wildman–Crippen MR) is 53.4 cm³/mol. The van der Waals surface area contributed by atoms with E-state index in [1.165, 1.54) is 0 Å². The van der Waals surface area contributed by atoms with Crippen molar-refractivity contribution in [3.63, 3.8) is 0 Å². The second-order valence-corrected chi connectivity index (χ2v) is 4.81. The Morgan fingerprint density at radius 2 is 1.62 bits per heavy atom. The second-order valence-electron chi connectivity index (χ2n) is 4.81. The molecule has 0 rings (SSSR count). The molecule has 0 aliphatic rings. The first-order chi connectivity index (χ1) is 5.61. The van der Waals surface area contributed by atoms with E-state index < -0.39 is 11.7 Å². The van der Waals surface area contributed by atoms with Crippen LogP contribution >= 0.6 is 0 Å². The van der Waals surface area contributed by atoms with Crippen LogP contribution < -0.4 is 5.73 Å². The summed E-state index contributed by atoms with van der Waals surface area (Å²) in [6.45, 7) is 12.1. The third kappa shape index (κ3) is 2.61. The fraction of sp³-hybridized carbons (Fsp3) is 0.900. The number of ether oxygens (including phenoxy) is 1. The molecule has 0 heterocycles. The van der Waals surface area contributed by atoms with Crippen molar-refractivity contribution < 1.29 is 9.53 Å². The Labute approximate surface area is 80.6 Å². The molecule has 0 aromatic rings. The van der Waals surface area contributed by atoms with Crippen molar-refractivity contribution in [1.29, 1.82) is 0 Å². The van der Waals surface area contributed by atoms with E-state index in [0.717, 1.165) is 0 Å². The maximum atomic E-state index is 10.7. The number of primary amides is 1. The molecule has 0 aliphatic carbocycles. The highest BCUT2D eigenvalue weighted by Crippen LogP contribution is 2.40. The first kappa shape index (κ1) is 12.3. The number of rotatable bonds is 3. The maximum absolute atomic E-state index is 10.7. The Balaban J connectivity index is 4.70. The van der Waals surface area contributed by atoms with Gasteiger partial charge in [-0.05, 0) is 19.8 Å². The van der Waals surface area contributed by atoms with Crippen LogP contribution in [0.5, 0.6) is 0 Å². The summed E-state index contributed by atoms with van der Waals surface area (Å²) in [4.78, 5) is 10.7. The van der Waals surface area contributed by atoms with Crippen molar-refractivity contribution in [3.05, 3.63) is 0 Å². The highest BCUT2D eigenvalue weighted by molar-refractivity contribution is 5.65. The van der Waals surface area contributed by atoms with Crippen molar-refractivity contribution in [2.45, 2.75) is 47.1 Å². The van der Waals surface area contributed by atoms with Gasteiger partial charge < -0.3 is 10.5 Å². The van der Waals surface area contributed by atoms with E-state index in [1.807, 2.05) is 13.8 Å². The van der Waals surface area contributed by atoms with Gasteiger partial charge >= 0.3 is 6.09 Å². The van der Waals surface area contributed by atoms with Gasteiger partial charge in [0.15, 0.2) is 0 Å². The van der Waals surface area contributed by atoms with Crippen LogP contribution in [0.4, 0.5) is 4.79 Å². The monoisotopic (exact) mass is 187 g/mol. The molecule has 3 nitrogen and oxygen atoms in total. The van der Waals surface area contributed by atoms with E-state index in [4.69, 9.17) is 10.5 Å². The van der Waals surface area contributed by atoms with E-state index >= 15 is 0 Å². The predicted octanol–water partition coefficient (Wildman–Crippen LogP) is 2.54. The Kier molecular flexibility index (Phi) is 3.36. The number of amides is 1. The molecule has 0 radical (unpaired) electrons. The molecule has 0 aromatic carbocycles. The minimum atomic E-state index is -0.710. The Morgan fingerprint density at radius 3 is 1.85 bits per heavy atom. The number of nitrogens with two attached hydrogens (primary N) is 1. The van der Waals surface area contributed by atoms with Crippen LogP contribution in [0.15, 0.2) is 0 Å². The van der Waals surface area contributed by atoms with Gasteiger partial charge in [-0.15, -0.1) is 0 Å². The van der Waals surface area contributed by atoms with Gasteiger partial charge in [0.1, 0.15) is 5.60 Å². The SMILES string of the molecule is CC(C)C(C)(C)C(C)(C)OC(N)=O. The quantitative estimate of drug-likeness (QED) is 0.738. The zero-order chi connectivity index (χ0) is 10.9. The molecular weight excluding hydrogens is 166 g/mol. The molecule has 0 aromatic heterocycles. The Hall–Kier alpha value is -0.730. The van der Waals surface area contributed by atoms with Crippen LogP contribution in [0.3, 0.4) is 0 Å². The van der Waals surface area contributed by atoms with Crippen molar-refractivity contribution >= 4 is 6.09 Å². The average Bonchev–Trinajstić information content (AvgIpc) is 1.83. The molecule has 3 heteroatoms. The van der Waals surface area contributed by atoms with Gasteiger partial charge in [0, 0.05) is 5.41 Å². The standard InChI is InChI=1S/C10H21NO2/c1-7(2)9(3,4)10(5,6)13-8(11)12/h7H,1-6H3,(H2,11,12). The molecule has 2 N–H and O–H groups in total. The molecule has 78 valence electrons. The van der Waals surface area contributed by atoms with Crippen molar-refractivity contribution in [3.8, 4) is 0 Å². The van der Waals surface area contributed by atoms with Crippen LogP contribution in [0.25, 0.3) is 0 Å². The highest BCUT2D eigenvalue weighted by Gasteiger charge is 2.42. The van der Waals surface area contributed by atoms with Gasteiger partial charge in [0.05, 0.1) is 0 Å². The normalized spacial score (nSPS) is 13.2. The third-order valence-corrected chi connectivity index (χ3v) is 3.35. The molecule has 0 aliphatic heterocycles. The van der Waals surface area contributed by atoms with E-state index in [0.29, 0.717) is 5.92 Å². The topological polar surface area (TPSA) is 52.3 Å². The van der Waals surface area contributed by atoms with Gasteiger partial charge in [-0.3, -0.25) is 0 Å². The van der Waals surface area contributed by atoms with Crippen LogP contribution in [-0.4, -0.2) is 11.7 Å². The van der Waals surface area contributed by atoms with E-state index in [2.05, 4.69) is 27.7 Å². The molecular formula is C10H21NO2. The largest absolute Gasteiger partial charge is 0.443 e. The summed E-state index contributed by atoms with van der Waals surface area (Å²) < 4.78 is 5.10. The minimum absolute atomic E-state index is 0.0952. The van der Waals surface area contributed by atoms with E-state index in [1.54, 1.807) is 0 Å². The van der Waals surface area contributed by atoms with E-state index in [-0.39, 0.29) is 5.41 Å². The first-order valence-electron chi connectivity index (χ1n) is 4.59. The molecule has 13 heavy (non-hydrogen) atoms. The summed E-state index contributed by atoms with van der Waals surface area (Å²) in [5.74, 6) is 0.418. The van der Waals surface area contributed by atoms with Crippen LogP contribution in [0, 0.1) is 11.3 Å². The van der Waals surface area contributed by atoms with Crippen molar-refractivity contribution in [2.24, 2.45) is 17.1 Å². The molecule has 0 bridgehead atoms. The number of hydrogen-bond donors (Lipinski definition) is 1. The minimum Gasteiger partial charge on any atom is -0.443 e. The summed E-state index contributed by atoms with van der Waals surface area (Å²) in [6, 6.07) is 0. The van der Waals surface area contributed by atoms with Gasteiger partial charge in [-0.2, -0.15) is 0 Å². The zero-order valence-electron chi connectivity index (χ0n) is 9.47. The molecule has 0 spiro atoms. The first-order valence-corrected chi connectivity index (χ1v) is 4.59. The maximum Gasteiger partial charge on any atom is 0.405 e. The average molecular weight is 187 g/mol. The highest BCUT2D eigenvalue weighted by atomic mass is 16.6. The zero-order valence-corrected chi connectivity index (χ0v) is 9.47. The summed E-state index contributed by atoms with van der Waals surface area (Å²) in [5, 5.41) is 0. The Bertz CT molecular complexity index is 195. The van der Waals surface area contributed by atoms with Crippen LogP contribution in [0.2, 0.25) is 0 Å². The van der Waals surface area contributed by atoms with Gasteiger partial charge in [-0.25, -0.2) is 4.79 Å². The van der Waals surface area contributed by atoms with Crippen LogP contribution in [0.1, 0.15) is 41.5 Å². The molecule has 0 unspecified atom stereocenters. The summed E-state index contributed by atoms with van der Waals surface area (Å²) in [5.41, 5.74) is 4.38. The summed E-state index contributed by atoms with van der Waals surface area (Å²) in [7, 11) is 0. The second kappa shape index (κ2) is 3.56. The number of carbonyl (C=O) groups excluding carboxylic acids is 1.